The summed E-state index contributed by atoms with van der Waals surface area (Å²) in [7, 11) is -7.75. The Balaban J connectivity index is 1.78. The van der Waals surface area contributed by atoms with Crippen LogP contribution in [0.2, 0.25) is 0 Å². The second-order valence-corrected chi connectivity index (χ2v) is 9.47. The van der Waals surface area contributed by atoms with Crippen LogP contribution in [0.5, 0.6) is 0 Å². The quantitative estimate of drug-likeness (QED) is 0.424. The summed E-state index contributed by atoms with van der Waals surface area (Å²) in [6.07, 6.45) is -0.565. The molecule has 28 heavy (non-hydrogen) atoms. The summed E-state index contributed by atoms with van der Waals surface area (Å²) in [5.74, 6) is 0. The van der Waals surface area contributed by atoms with Crippen molar-refractivity contribution in [2.75, 3.05) is 19.8 Å². The van der Waals surface area contributed by atoms with Gasteiger partial charge in [-0.1, -0.05) is 35.9 Å². The molecule has 1 atom stereocenters. The molecule has 0 amide bonds. The van der Waals surface area contributed by atoms with Crippen LogP contribution in [0.25, 0.3) is 0 Å². The van der Waals surface area contributed by atoms with E-state index in [2.05, 4.69) is 0 Å². The largest absolute Gasteiger partial charge is 0.374 e. The molecule has 0 aliphatic heterocycles. The van der Waals surface area contributed by atoms with Gasteiger partial charge in [-0.15, -0.1) is 0 Å². The molecule has 7 nitrogen and oxygen atoms in total. The average Bonchev–Trinajstić information content (AvgIpc) is 2.64. The molecule has 2 aromatic carbocycles. The molecule has 0 unspecified atom stereocenters. The van der Waals surface area contributed by atoms with Crippen LogP contribution in [0.3, 0.4) is 0 Å². The SMILES string of the molecule is Cc1ccc(S(=O)(=O)OC[C@H](C)OCCOS(=O)(=O)c2ccccc2C)cc1. The van der Waals surface area contributed by atoms with Gasteiger partial charge in [-0.05, 0) is 44.5 Å². The highest BCUT2D eigenvalue weighted by Gasteiger charge is 2.19. The molecular formula is C19H24O7S2. The Hall–Kier alpha value is -1.78. The first-order valence-corrected chi connectivity index (χ1v) is 11.5. The van der Waals surface area contributed by atoms with Gasteiger partial charge in [0, 0.05) is 0 Å². The van der Waals surface area contributed by atoms with Crippen molar-refractivity contribution in [2.45, 2.75) is 36.7 Å². The van der Waals surface area contributed by atoms with E-state index in [4.69, 9.17) is 13.1 Å². The molecule has 0 aromatic heterocycles. The lowest BCUT2D eigenvalue weighted by molar-refractivity contribution is 0.0195. The topological polar surface area (TPSA) is 96.0 Å². The first kappa shape index (κ1) is 22.5. The van der Waals surface area contributed by atoms with Crippen LogP contribution >= 0.6 is 0 Å². The van der Waals surface area contributed by atoms with Crippen LogP contribution in [-0.4, -0.2) is 42.8 Å². The summed E-state index contributed by atoms with van der Waals surface area (Å²) < 4.78 is 63.9. The lowest BCUT2D eigenvalue weighted by Gasteiger charge is -2.14. The lowest BCUT2D eigenvalue weighted by atomic mass is 10.2. The van der Waals surface area contributed by atoms with E-state index in [1.807, 2.05) is 6.92 Å². The fraction of sp³-hybridized carbons (Fsp3) is 0.368. The molecule has 0 bridgehead atoms. The normalized spacial score (nSPS) is 13.4. The van der Waals surface area contributed by atoms with Gasteiger partial charge in [-0.25, -0.2) is 0 Å². The zero-order chi connectivity index (χ0) is 20.8. The van der Waals surface area contributed by atoms with Gasteiger partial charge in [0.05, 0.1) is 35.7 Å². The third kappa shape index (κ3) is 6.39. The van der Waals surface area contributed by atoms with Crippen molar-refractivity contribution in [3.63, 3.8) is 0 Å². The van der Waals surface area contributed by atoms with E-state index < -0.39 is 26.3 Å². The molecule has 0 spiro atoms. The smallest absolute Gasteiger partial charge is 0.297 e. The molecule has 154 valence electrons. The summed E-state index contributed by atoms with van der Waals surface area (Å²) in [5.41, 5.74) is 1.53. The number of ether oxygens (including phenoxy) is 1. The molecule has 0 radical (unpaired) electrons. The zero-order valence-corrected chi connectivity index (χ0v) is 17.6. The van der Waals surface area contributed by atoms with Crippen LogP contribution in [0.4, 0.5) is 0 Å². The van der Waals surface area contributed by atoms with Gasteiger partial charge < -0.3 is 4.74 Å². The lowest BCUT2D eigenvalue weighted by Crippen LogP contribution is -2.22. The maximum atomic E-state index is 12.2. The molecule has 0 fully saturated rings. The van der Waals surface area contributed by atoms with Crippen molar-refractivity contribution in [3.8, 4) is 0 Å². The number of aryl methyl sites for hydroxylation is 2. The highest BCUT2D eigenvalue weighted by Crippen LogP contribution is 2.17. The fourth-order valence-electron chi connectivity index (χ4n) is 2.30. The van der Waals surface area contributed by atoms with Crippen molar-refractivity contribution >= 4 is 20.2 Å². The fourth-order valence-corrected chi connectivity index (χ4v) is 4.40. The van der Waals surface area contributed by atoms with Gasteiger partial charge in [0.25, 0.3) is 20.2 Å². The Kier molecular flexibility index (Phi) is 7.73. The van der Waals surface area contributed by atoms with E-state index in [0.717, 1.165) is 5.56 Å². The summed E-state index contributed by atoms with van der Waals surface area (Å²) >= 11 is 0. The highest BCUT2D eigenvalue weighted by atomic mass is 32.2. The first-order chi connectivity index (χ1) is 13.1. The minimum Gasteiger partial charge on any atom is -0.374 e. The predicted molar refractivity (Wildman–Crippen MR) is 104 cm³/mol. The Bertz CT molecular complexity index is 981. The van der Waals surface area contributed by atoms with Crippen molar-refractivity contribution < 1.29 is 29.9 Å². The highest BCUT2D eigenvalue weighted by molar-refractivity contribution is 7.87. The second kappa shape index (κ2) is 9.62. The van der Waals surface area contributed by atoms with Crippen LogP contribution in [-0.2, 0) is 33.3 Å². The van der Waals surface area contributed by atoms with Crippen LogP contribution in [0.1, 0.15) is 18.1 Å². The van der Waals surface area contributed by atoms with Crippen LogP contribution in [0, 0.1) is 13.8 Å². The summed E-state index contributed by atoms with van der Waals surface area (Å²) in [5, 5.41) is 0. The first-order valence-electron chi connectivity index (χ1n) is 8.64. The predicted octanol–water partition coefficient (Wildman–Crippen LogP) is 2.82. The summed E-state index contributed by atoms with van der Waals surface area (Å²) in [6, 6.07) is 12.8. The number of hydrogen-bond donors (Lipinski definition) is 0. The number of hydrogen-bond acceptors (Lipinski definition) is 7. The molecule has 2 rings (SSSR count). The summed E-state index contributed by atoms with van der Waals surface area (Å²) in [4.78, 5) is 0.175. The Labute approximate surface area is 166 Å². The maximum absolute atomic E-state index is 12.2. The van der Waals surface area contributed by atoms with Crippen LogP contribution in [0.15, 0.2) is 58.3 Å². The van der Waals surface area contributed by atoms with Gasteiger partial charge in [-0.3, -0.25) is 8.37 Å². The monoisotopic (exact) mass is 428 g/mol. The van der Waals surface area contributed by atoms with Gasteiger partial charge in [-0.2, -0.15) is 16.8 Å². The molecule has 2 aromatic rings. The van der Waals surface area contributed by atoms with E-state index >= 15 is 0 Å². The third-order valence-electron chi connectivity index (χ3n) is 3.85. The number of rotatable bonds is 10. The van der Waals surface area contributed by atoms with E-state index in [0.29, 0.717) is 5.56 Å². The van der Waals surface area contributed by atoms with E-state index in [-0.39, 0.29) is 29.6 Å². The van der Waals surface area contributed by atoms with Gasteiger partial charge in [0.15, 0.2) is 0 Å². The van der Waals surface area contributed by atoms with Gasteiger partial charge in [0.2, 0.25) is 0 Å². The zero-order valence-electron chi connectivity index (χ0n) is 16.0. The minimum atomic E-state index is -3.87. The molecule has 9 heteroatoms. The van der Waals surface area contributed by atoms with Crippen molar-refractivity contribution in [1.29, 1.82) is 0 Å². The van der Waals surface area contributed by atoms with Crippen LogP contribution < -0.4 is 0 Å². The summed E-state index contributed by atoms with van der Waals surface area (Å²) in [6.45, 7) is 4.75. The molecule has 0 heterocycles. The molecular weight excluding hydrogens is 404 g/mol. The van der Waals surface area contributed by atoms with E-state index in [1.165, 1.54) is 18.2 Å². The molecule has 0 N–H and O–H groups in total. The number of benzene rings is 2. The van der Waals surface area contributed by atoms with Crippen molar-refractivity contribution in [2.24, 2.45) is 0 Å². The van der Waals surface area contributed by atoms with E-state index in [9.17, 15) is 16.8 Å². The van der Waals surface area contributed by atoms with Crippen molar-refractivity contribution in [1.82, 2.24) is 0 Å². The average molecular weight is 429 g/mol. The second-order valence-electron chi connectivity index (χ2n) is 6.27. The van der Waals surface area contributed by atoms with Crippen molar-refractivity contribution in [3.05, 3.63) is 59.7 Å². The standard InChI is InChI=1S/C19H24O7S2/c1-15-8-10-18(11-9-15)27(20,21)26-14-17(3)24-12-13-25-28(22,23)19-7-5-4-6-16(19)2/h4-11,17H,12-14H2,1-3H3/t17-/m0/s1. The Morgan fingerprint density at radius 3 is 2.11 bits per heavy atom. The molecule has 0 aliphatic rings. The Morgan fingerprint density at radius 2 is 1.46 bits per heavy atom. The van der Waals surface area contributed by atoms with Gasteiger partial charge >= 0.3 is 0 Å². The van der Waals surface area contributed by atoms with Gasteiger partial charge in [0.1, 0.15) is 0 Å². The molecule has 0 saturated carbocycles. The Morgan fingerprint density at radius 1 is 0.821 bits per heavy atom. The van der Waals surface area contributed by atoms with E-state index in [1.54, 1.807) is 44.2 Å². The molecule has 0 saturated heterocycles. The maximum Gasteiger partial charge on any atom is 0.297 e. The minimum absolute atomic E-state index is 0.0276. The molecule has 0 aliphatic carbocycles. The third-order valence-corrected chi connectivity index (χ3v) is 6.62.